The van der Waals surface area contributed by atoms with Gasteiger partial charge in [-0.1, -0.05) is 6.92 Å². The topological polar surface area (TPSA) is 64.9 Å². The minimum Gasteiger partial charge on any atom is -0.385 e. The summed E-state index contributed by atoms with van der Waals surface area (Å²) in [4.78, 5) is 11.3. The SMILES string of the molecule is CCCNC(=O)CCNc1ccc(C#N)c(C(F)(F)F)c1. The van der Waals surface area contributed by atoms with Crippen LogP contribution < -0.4 is 10.6 Å². The van der Waals surface area contributed by atoms with E-state index in [2.05, 4.69) is 10.6 Å². The molecular formula is C14H16F3N3O. The van der Waals surface area contributed by atoms with Crippen LogP contribution in [0.2, 0.25) is 0 Å². The van der Waals surface area contributed by atoms with Crippen LogP contribution in [-0.2, 0) is 11.0 Å². The van der Waals surface area contributed by atoms with E-state index in [0.717, 1.165) is 18.6 Å². The van der Waals surface area contributed by atoms with Crippen LogP contribution in [0.1, 0.15) is 30.9 Å². The fourth-order valence-corrected chi connectivity index (χ4v) is 1.66. The lowest BCUT2D eigenvalue weighted by atomic mass is 10.1. The maximum atomic E-state index is 12.8. The van der Waals surface area contributed by atoms with Crippen molar-refractivity contribution in [1.82, 2.24) is 5.32 Å². The van der Waals surface area contributed by atoms with E-state index in [0.29, 0.717) is 6.54 Å². The number of halogens is 3. The molecule has 0 bridgehead atoms. The molecule has 4 nitrogen and oxygen atoms in total. The number of nitrogens with zero attached hydrogens (tertiary/aromatic N) is 1. The van der Waals surface area contributed by atoms with Crippen LogP contribution >= 0.6 is 0 Å². The monoisotopic (exact) mass is 299 g/mol. The Hall–Kier alpha value is -2.23. The molecule has 114 valence electrons. The first-order chi connectivity index (χ1) is 9.88. The van der Waals surface area contributed by atoms with Gasteiger partial charge >= 0.3 is 6.18 Å². The number of anilines is 1. The fourth-order valence-electron chi connectivity index (χ4n) is 1.66. The van der Waals surface area contributed by atoms with Gasteiger partial charge in [-0.2, -0.15) is 18.4 Å². The molecule has 1 amide bonds. The standard InChI is InChI=1S/C14H16F3N3O/c1-2-6-20-13(21)5-7-19-11-4-3-10(9-18)12(8-11)14(15,16)17/h3-4,8,19H,2,5-7H2,1H3,(H,20,21). The Kier molecular flexibility index (Phi) is 6.03. The van der Waals surface area contributed by atoms with E-state index in [4.69, 9.17) is 5.26 Å². The molecule has 0 saturated carbocycles. The third kappa shape index (κ3) is 5.34. The summed E-state index contributed by atoms with van der Waals surface area (Å²) < 4.78 is 38.3. The van der Waals surface area contributed by atoms with Crippen LogP contribution in [0.15, 0.2) is 18.2 Å². The van der Waals surface area contributed by atoms with E-state index in [1.54, 1.807) is 0 Å². The molecule has 0 spiro atoms. The third-order valence-electron chi connectivity index (χ3n) is 2.70. The highest BCUT2D eigenvalue weighted by Crippen LogP contribution is 2.33. The van der Waals surface area contributed by atoms with E-state index in [9.17, 15) is 18.0 Å². The molecule has 1 aromatic rings. The largest absolute Gasteiger partial charge is 0.417 e. The van der Waals surface area contributed by atoms with E-state index in [1.807, 2.05) is 6.92 Å². The van der Waals surface area contributed by atoms with Crippen molar-refractivity contribution in [1.29, 1.82) is 5.26 Å². The number of alkyl halides is 3. The van der Waals surface area contributed by atoms with Crippen LogP contribution in [0.5, 0.6) is 0 Å². The van der Waals surface area contributed by atoms with Crippen molar-refractivity contribution in [2.24, 2.45) is 0 Å². The van der Waals surface area contributed by atoms with Crippen molar-refractivity contribution < 1.29 is 18.0 Å². The maximum Gasteiger partial charge on any atom is 0.417 e. The van der Waals surface area contributed by atoms with Crippen LogP contribution in [0.4, 0.5) is 18.9 Å². The van der Waals surface area contributed by atoms with Gasteiger partial charge in [-0.3, -0.25) is 4.79 Å². The maximum absolute atomic E-state index is 12.8. The number of carbonyl (C=O) groups excluding carboxylic acids is 1. The number of rotatable bonds is 6. The number of nitrogens with one attached hydrogen (secondary N) is 2. The normalized spacial score (nSPS) is 10.8. The van der Waals surface area contributed by atoms with Gasteiger partial charge in [-0.25, -0.2) is 0 Å². The van der Waals surface area contributed by atoms with E-state index >= 15 is 0 Å². The number of nitriles is 1. The highest BCUT2D eigenvalue weighted by Gasteiger charge is 2.33. The van der Waals surface area contributed by atoms with Gasteiger partial charge in [0.15, 0.2) is 0 Å². The van der Waals surface area contributed by atoms with Crippen LogP contribution in [0.25, 0.3) is 0 Å². The summed E-state index contributed by atoms with van der Waals surface area (Å²) in [7, 11) is 0. The lowest BCUT2D eigenvalue weighted by Gasteiger charge is -2.12. The first-order valence-electron chi connectivity index (χ1n) is 6.50. The van der Waals surface area contributed by atoms with Crippen LogP contribution in [0.3, 0.4) is 0 Å². The summed E-state index contributed by atoms with van der Waals surface area (Å²) >= 11 is 0. The summed E-state index contributed by atoms with van der Waals surface area (Å²) in [6.45, 7) is 2.72. The average molecular weight is 299 g/mol. The summed E-state index contributed by atoms with van der Waals surface area (Å²) in [6, 6.07) is 4.89. The second kappa shape index (κ2) is 7.53. The second-order valence-electron chi connectivity index (χ2n) is 4.40. The van der Waals surface area contributed by atoms with Crippen molar-refractivity contribution in [3.63, 3.8) is 0 Å². The molecule has 0 aromatic heterocycles. The van der Waals surface area contributed by atoms with Gasteiger partial charge in [-0.15, -0.1) is 0 Å². The molecule has 1 aromatic carbocycles. The molecule has 0 aliphatic rings. The van der Waals surface area contributed by atoms with Gasteiger partial charge in [0.1, 0.15) is 0 Å². The molecule has 0 radical (unpaired) electrons. The van der Waals surface area contributed by atoms with E-state index in [-0.39, 0.29) is 24.6 Å². The Labute approximate surface area is 121 Å². The Morgan fingerprint density at radius 3 is 2.62 bits per heavy atom. The average Bonchev–Trinajstić information content (AvgIpc) is 2.44. The van der Waals surface area contributed by atoms with Gasteiger partial charge in [0.2, 0.25) is 5.91 Å². The predicted molar refractivity (Wildman–Crippen MR) is 72.6 cm³/mol. The lowest BCUT2D eigenvalue weighted by molar-refractivity contribution is -0.137. The highest BCUT2D eigenvalue weighted by molar-refractivity contribution is 5.76. The number of amides is 1. The zero-order valence-corrected chi connectivity index (χ0v) is 11.5. The lowest BCUT2D eigenvalue weighted by Crippen LogP contribution is -2.25. The first kappa shape index (κ1) is 16.8. The number of carbonyl (C=O) groups is 1. The van der Waals surface area contributed by atoms with Crippen molar-refractivity contribution >= 4 is 11.6 Å². The fraction of sp³-hybridized carbons (Fsp3) is 0.429. The molecular weight excluding hydrogens is 283 g/mol. The molecule has 0 atom stereocenters. The van der Waals surface area contributed by atoms with Gasteiger partial charge < -0.3 is 10.6 Å². The second-order valence-corrected chi connectivity index (χ2v) is 4.40. The van der Waals surface area contributed by atoms with Crippen molar-refractivity contribution in [3.8, 4) is 6.07 Å². The third-order valence-corrected chi connectivity index (χ3v) is 2.70. The number of hydrogen-bond acceptors (Lipinski definition) is 3. The van der Waals surface area contributed by atoms with Crippen molar-refractivity contribution in [3.05, 3.63) is 29.3 Å². The predicted octanol–water partition coefficient (Wildman–Crippen LogP) is 2.91. The summed E-state index contributed by atoms with van der Waals surface area (Å²) in [5.74, 6) is -0.158. The molecule has 0 heterocycles. The summed E-state index contributed by atoms with van der Waals surface area (Å²) in [5, 5.41) is 14.1. The highest BCUT2D eigenvalue weighted by atomic mass is 19.4. The molecule has 0 unspecified atom stereocenters. The van der Waals surface area contributed by atoms with Gasteiger partial charge in [0, 0.05) is 25.2 Å². The van der Waals surface area contributed by atoms with Crippen LogP contribution in [0, 0.1) is 11.3 Å². The Balaban J connectivity index is 2.65. The van der Waals surface area contributed by atoms with Gasteiger partial charge in [0.25, 0.3) is 0 Å². The van der Waals surface area contributed by atoms with Crippen molar-refractivity contribution in [2.75, 3.05) is 18.4 Å². The van der Waals surface area contributed by atoms with Crippen LogP contribution in [-0.4, -0.2) is 19.0 Å². The quantitative estimate of drug-likeness (QED) is 0.849. The summed E-state index contributed by atoms with van der Waals surface area (Å²) in [6.07, 6.45) is -3.59. The zero-order valence-electron chi connectivity index (χ0n) is 11.5. The number of benzene rings is 1. The molecule has 21 heavy (non-hydrogen) atoms. The molecule has 0 aliphatic heterocycles. The van der Waals surface area contributed by atoms with Gasteiger partial charge in [-0.05, 0) is 24.6 Å². The Bertz CT molecular complexity index is 535. The molecule has 0 aliphatic carbocycles. The number of hydrogen-bond donors (Lipinski definition) is 2. The minimum absolute atomic E-state index is 0.158. The summed E-state index contributed by atoms with van der Waals surface area (Å²) in [5.41, 5.74) is -1.18. The van der Waals surface area contributed by atoms with E-state index in [1.165, 1.54) is 12.1 Å². The molecule has 0 fully saturated rings. The molecule has 1 rings (SSSR count). The molecule has 2 N–H and O–H groups in total. The van der Waals surface area contributed by atoms with Gasteiger partial charge in [0.05, 0.1) is 17.2 Å². The molecule has 7 heteroatoms. The van der Waals surface area contributed by atoms with Crippen molar-refractivity contribution in [2.45, 2.75) is 25.9 Å². The molecule has 0 saturated heterocycles. The smallest absolute Gasteiger partial charge is 0.385 e. The van der Waals surface area contributed by atoms with E-state index < -0.39 is 17.3 Å². The first-order valence-corrected chi connectivity index (χ1v) is 6.50. The zero-order chi connectivity index (χ0) is 15.9. The minimum atomic E-state index is -4.58. The Morgan fingerprint density at radius 2 is 2.05 bits per heavy atom. The Morgan fingerprint density at radius 1 is 1.33 bits per heavy atom.